The van der Waals surface area contributed by atoms with Crippen molar-refractivity contribution in [2.45, 2.75) is 38.0 Å². The summed E-state index contributed by atoms with van der Waals surface area (Å²) in [5.74, 6) is 0. The first kappa shape index (κ1) is 20.5. The summed E-state index contributed by atoms with van der Waals surface area (Å²) in [6.07, 6.45) is 0. The third-order valence-corrected chi connectivity index (χ3v) is 5.93. The summed E-state index contributed by atoms with van der Waals surface area (Å²) >= 11 is 11.9. The lowest BCUT2D eigenvalue weighted by atomic mass is 9.66. The van der Waals surface area contributed by atoms with Crippen LogP contribution in [0, 0.1) is 25.6 Å². The van der Waals surface area contributed by atoms with Crippen LogP contribution in [0.3, 0.4) is 0 Å². The zero-order valence-corrected chi connectivity index (χ0v) is 16.7. The van der Waals surface area contributed by atoms with Gasteiger partial charge in [-0.15, -0.1) is 0 Å². The highest BCUT2D eigenvalue weighted by Gasteiger charge is 2.62. The highest BCUT2D eigenvalue weighted by molar-refractivity contribution is 6.30. The van der Waals surface area contributed by atoms with Crippen LogP contribution < -0.4 is 5.32 Å². The highest BCUT2D eigenvalue weighted by atomic mass is 35.5. The topological polar surface area (TPSA) is 98.3 Å². The molecule has 0 saturated carbocycles. The van der Waals surface area contributed by atoms with Crippen molar-refractivity contribution in [2.75, 3.05) is 0 Å². The Balaban J connectivity index is 2.14. The van der Waals surface area contributed by atoms with Gasteiger partial charge in [-0.1, -0.05) is 47.5 Å². The molecule has 0 radical (unpaired) electrons. The van der Waals surface area contributed by atoms with E-state index in [0.29, 0.717) is 21.2 Å². The predicted octanol–water partition coefficient (Wildman–Crippen LogP) is 4.70. The molecule has 1 aliphatic rings. The van der Waals surface area contributed by atoms with Crippen LogP contribution >= 0.6 is 23.2 Å². The molecule has 3 rings (SSSR count). The number of hydrogen-bond acceptors (Lipinski definition) is 5. The van der Waals surface area contributed by atoms with Gasteiger partial charge in [0, 0.05) is 19.9 Å². The summed E-state index contributed by atoms with van der Waals surface area (Å²) in [4.78, 5) is 23.1. The second kappa shape index (κ2) is 7.66. The molecular formula is C19H19Cl2N3O4. The van der Waals surface area contributed by atoms with Gasteiger partial charge in [-0.2, -0.15) is 0 Å². The lowest BCUT2D eigenvalue weighted by Crippen LogP contribution is -2.63. The van der Waals surface area contributed by atoms with Gasteiger partial charge in [0.25, 0.3) is 0 Å². The fourth-order valence-electron chi connectivity index (χ4n) is 4.09. The zero-order valence-electron chi connectivity index (χ0n) is 15.2. The number of piperidine rings is 1. The molecule has 28 heavy (non-hydrogen) atoms. The van der Waals surface area contributed by atoms with E-state index in [-0.39, 0.29) is 0 Å². The smallest absolute Gasteiger partial charge is 0.243 e. The lowest BCUT2D eigenvalue weighted by Gasteiger charge is -2.44. The Morgan fingerprint density at radius 2 is 1.11 bits per heavy atom. The Morgan fingerprint density at radius 3 is 1.39 bits per heavy atom. The van der Waals surface area contributed by atoms with Crippen LogP contribution in [0.25, 0.3) is 0 Å². The molecular weight excluding hydrogens is 405 g/mol. The maximum atomic E-state index is 12.0. The molecule has 0 bridgehead atoms. The van der Waals surface area contributed by atoms with Crippen molar-refractivity contribution in [3.8, 4) is 0 Å². The molecule has 1 aliphatic heterocycles. The molecule has 0 unspecified atom stereocenters. The third-order valence-electron chi connectivity index (χ3n) is 5.43. The van der Waals surface area contributed by atoms with Gasteiger partial charge in [0.05, 0.1) is 0 Å². The van der Waals surface area contributed by atoms with E-state index in [1.807, 2.05) is 0 Å². The molecule has 1 saturated heterocycles. The van der Waals surface area contributed by atoms with Crippen molar-refractivity contribution >= 4 is 23.2 Å². The molecule has 2 aromatic rings. The lowest BCUT2D eigenvalue weighted by molar-refractivity contribution is -0.605. The molecule has 0 amide bonds. The Hall–Kier alpha value is -2.22. The van der Waals surface area contributed by atoms with E-state index in [1.165, 1.54) is 0 Å². The molecule has 1 fully saturated rings. The largest absolute Gasteiger partial charge is 0.291 e. The molecule has 1 heterocycles. The molecule has 148 valence electrons. The number of benzene rings is 2. The predicted molar refractivity (Wildman–Crippen MR) is 107 cm³/mol. The quantitative estimate of drug-likeness (QED) is 0.567. The maximum absolute atomic E-state index is 12.0. The van der Waals surface area contributed by atoms with Gasteiger partial charge in [-0.25, -0.2) is 0 Å². The summed E-state index contributed by atoms with van der Waals surface area (Å²) in [6.45, 7) is 3.17. The van der Waals surface area contributed by atoms with Gasteiger partial charge in [0.1, 0.15) is 17.5 Å². The molecule has 0 spiro atoms. The first-order valence-electron chi connectivity index (χ1n) is 8.67. The van der Waals surface area contributed by atoms with E-state index in [0.717, 1.165) is 0 Å². The van der Waals surface area contributed by atoms with Crippen LogP contribution in [0.1, 0.15) is 37.1 Å². The van der Waals surface area contributed by atoms with E-state index >= 15 is 0 Å². The molecule has 9 heteroatoms. The van der Waals surface area contributed by atoms with Gasteiger partial charge < -0.3 is 0 Å². The Bertz CT molecular complexity index is 816. The van der Waals surface area contributed by atoms with E-state index < -0.39 is 39.4 Å². The van der Waals surface area contributed by atoms with Crippen LogP contribution in [0.5, 0.6) is 0 Å². The fraction of sp³-hybridized carbons (Fsp3) is 0.368. The normalized spacial score (nSPS) is 26.6. The standard InChI is InChI=1S/C19H19Cl2N3O4/c1-19(2)17(23(25)26)15(11-3-7-13(20)8-4-11)22-16(18(19)24(27)28)12-5-9-14(21)10-6-12/h3-10,15-18,22H,1-2H3/t15-,16+,17+,18-. The summed E-state index contributed by atoms with van der Waals surface area (Å²) in [7, 11) is 0. The average Bonchev–Trinajstić information content (AvgIpc) is 2.60. The van der Waals surface area contributed by atoms with Gasteiger partial charge in [0.2, 0.25) is 12.1 Å². The minimum Gasteiger partial charge on any atom is -0.291 e. The molecule has 0 aliphatic carbocycles. The number of nitrogens with zero attached hydrogens (tertiary/aromatic N) is 2. The SMILES string of the molecule is CC1(C)[C@@H]([N+](=O)[O-])[C@@H](c2ccc(Cl)cc2)N[C@@H](c2ccc(Cl)cc2)[C@H]1[N+](=O)[O-]. The Morgan fingerprint density at radius 1 is 0.786 bits per heavy atom. The monoisotopic (exact) mass is 423 g/mol. The Kier molecular flexibility index (Phi) is 5.61. The number of nitro groups is 2. The second-order valence-electron chi connectivity index (χ2n) is 7.51. The van der Waals surface area contributed by atoms with Gasteiger partial charge in [-0.3, -0.25) is 25.5 Å². The molecule has 0 aromatic heterocycles. The number of nitrogens with one attached hydrogen (secondary N) is 1. The molecule has 2 aromatic carbocycles. The van der Waals surface area contributed by atoms with Crippen LogP contribution in [0.4, 0.5) is 0 Å². The highest BCUT2D eigenvalue weighted by Crippen LogP contribution is 2.47. The Labute approximate surface area is 171 Å². The summed E-state index contributed by atoms with van der Waals surface area (Å²) in [6, 6.07) is 9.59. The molecule has 7 nitrogen and oxygen atoms in total. The third kappa shape index (κ3) is 3.70. The zero-order chi connectivity index (χ0) is 20.6. The number of rotatable bonds is 4. The van der Waals surface area contributed by atoms with E-state index in [1.54, 1.807) is 62.4 Å². The maximum Gasteiger partial charge on any atom is 0.243 e. The van der Waals surface area contributed by atoms with Crippen LogP contribution in [0.15, 0.2) is 48.5 Å². The molecule has 4 atom stereocenters. The second-order valence-corrected chi connectivity index (χ2v) is 8.38. The van der Waals surface area contributed by atoms with Crippen LogP contribution in [0.2, 0.25) is 10.0 Å². The summed E-state index contributed by atoms with van der Waals surface area (Å²) < 4.78 is 0. The summed E-state index contributed by atoms with van der Waals surface area (Å²) in [5, 5.41) is 28.1. The first-order valence-corrected chi connectivity index (χ1v) is 9.42. The van der Waals surface area contributed by atoms with Crippen LogP contribution in [-0.4, -0.2) is 21.9 Å². The van der Waals surface area contributed by atoms with E-state index in [4.69, 9.17) is 23.2 Å². The van der Waals surface area contributed by atoms with Crippen molar-refractivity contribution in [3.63, 3.8) is 0 Å². The van der Waals surface area contributed by atoms with Crippen molar-refractivity contribution < 1.29 is 9.85 Å². The van der Waals surface area contributed by atoms with Gasteiger partial charge in [-0.05, 0) is 49.2 Å². The van der Waals surface area contributed by atoms with Crippen LogP contribution in [-0.2, 0) is 0 Å². The average molecular weight is 424 g/mol. The minimum absolute atomic E-state index is 0.430. The number of halogens is 2. The van der Waals surface area contributed by atoms with Crippen molar-refractivity contribution in [1.29, 1.82) is 0 Å². The van der Waals surface area contributed by atoms with Gasteiger partial charge >= 0.3 is 0 Å². The van der Waals surface area contributed by atoms with Crippen molar-refractivity contribution in [3.05, 3.63) is 89.9 Å². The fourth-order valence-corrected chi connectivity index (χ4v) is 4.35. The molecule has 1 N–H and O–H groups in total. The van der Waals surface area contributed by atoms with E-state index in [9.17, 15) is 20.2 Å². The van der Waals surface area contributed by atoms with Gasteiger partial charge in [0.15, 0.2) is 0 Å². The summed E-state index contributed by atoms with van der Waals surface area (Å²) in [5.41, 5.74) is 0.0761. The first-order chi connectivity index (χ1) is 13.1. The van der Waals surface area contributed by atoms with Crippen molar-refractivity contribution in [1.82, 2.24) is 5.32 Å². The minimum atomic E-state index is -1.23. The number of hydrogen-bond donors (Lipinski definition) is 1. The van der Waals surface area contributed by atoms with E-state index in [2.05, 4.69) is 5.32 Å². The van der Waals surface area contributed by atoms with Crippen molar-refractivity contribution in [2.24, 2.45) is 5.41 Å².